The number of allylic oxidation sites excluding steroid dienone is 1. The Balaban J connectivity index is 2.03. The lowest BCUT2D eigenvalue weighted by atomic mass is 9.82. The third-order valence-electron chi connectivity index (χ3n) is 4.71. The number of rotatable bonds is 2. The molecule has 3 aromatic carbocycles. The first kappa shape index (κ1) is 17.1. The van der Waals surface area contributed by atoms with Gasteiger partial charge < -0.3 is 20.3 Å². The monoisotopic (exact) mass is 378 g/mol. The Morgan fingerprint density at radius 1 is 1.19 bits per heavy atom. The molecule has 4 rings (SSSR count). The average molecular weight is 379 g/mol. The summed E-state index contributed by atoms with van der Waals surface area (Å²) in [5, 5.41) is 21.8. The van der Waals surface area contributed by atoms with Crippen molar-refractivity contribution in [2.24, 2.45) is 5.73 Å². The third-order valence-corrected chi connectivity index (χ3v) is 5.02. The molecule has 0 saturated heterocycles. The van der Waals surface area contributed by atoms with Crippen LogP contribution in [-0.2, 0) is 0 Å². The van der Waals surface area contributed by atoms with E-state index in [-0.39, 0.29) is 17.2 Å². The number of hydrogen-bond donors (Lipinski definition) is 2. The summed E-state index contributed by atoms with van der Waals surface area (Å²) in [7, 11) is 1.47. The van der Waals surface area contributed by atoms with Crippen molar-refractivity contribution in [1.82, 2.24) is 0 Å². The summed E-state index contributed by atoms with van der Waals surface area (Å²) in [5.41, 5.74) is 7.83. The zero-order valence-electron chi connectivity index (χ0n) is 14.4. The fourth-order valence-electron chi connectivity index (χ4n) is 3.46. The minimum Gasteiger partial charge on any atom is -0.504 e. The van der Waals surface area contributed by atoms with Crippen molar-refractivity contribution in [2.75, 3.05) is 7.11 Å². The molecule has 5 nitrogen and oxygen atoms in total. The largest absolute Gasteiger partial charge is 0.504 e. The molecule has 0 saturated carbocycles. The average Bonchev–Trinajstić information content (AvgIpc) is 2.68. The van der Waals surface area contributed by atoms with Gasteiger partial charge in [0.05, 0.1) is 13.0 Å². The van der Waals surface area contributed by atoms with Gasteiger partial charge in [-0.05, 0) is 23.8 Å². The van der Waals surface area contributed by atoms with E-state index in [0.29, 0.717) is 16.5 Å². The molecule has 0 aromatic heterocycles. The summed E-state index contributed by atoms with van der Waals surface area (Å²) < 4.78 is 11.0. The standard InChI is InChI=1S/C21H15ClN2O3/c1-26-18-8-11(6-7-17(18)25)19-14-9-16(22)12-4-2-3-5-13(12)20(14)27-21(24)15(19)10-23/h2-9,19,25H,24H2,1H3. The van der Waals surface area contributed by atoms with Gasteiger partial charge in [-0.1, -0.05) is 41.9 Å². The summed E-state index contributed by atoms with van der Waals surface area (Å²) in [5.74, 6) is 0.456. The van der Waals surface area contributed by atoms with Gasteiger partial charge in [0.2, 0.25) is 5.88 Å². The predicted molar refractivity (Wildman–Crippen MR) is 103 cm³/mol. The second kappa shape index (κ2) is 6.42. The Bertz CT molecular complexity index is 1150. The Labute approximate surface area is 160 Å². The molecular weight excluding hydrogens is 364 g/mol. The number of phenols is 1. The van der Waals surface area contributed by atoms with Crippen LogP contribution in [0, 0.1) is 11.3 Å². The zero-order valence-corrected chi connectivity index (χ0v) is 15.1. The van der Waals surface area contributed by atoms with Crippen molar-refractivity contribution in [3.8, 4) is 23.3 Å². The summed E-state index contributed by atoms with van der Waals surface area (Å²) >= 11 is 6.51. The third kappa shape index (κ3) is 2.62. The number of ether oxygens (including phenoxy) is 2. The van der Waals surface area contributed by atoms with Gasteiger partial charge in [0, 0.05) is 21.4 Å². The number of fused-ring (bicyclic) bond motifs is 3. The minimum absolute atomic E-state index is 0.0144. The molecule has 0 radical (unpaired) electrons. The zero-order chi connectivity index (χ0) is 19.1. The Hall–Kier alpha value is -3.36. The SMILES string of the molecule is COc1cc(C2C(C#N)=C(N)Oc3c2cc(Cl)c2ccccc32)ccc1O. The van der Waals surface area contributed by atoms with Gasteiger partial charge in [0.15, 0.2) is 11.5 Å². The number of nitrogens with two attached hydrogens (primary N) is 1. The van der Waals surface area contributed by atoms with Gasteiger partial charge in [0.25, 0.3) is 0 Å². The van der Waals surface area contributed by atoms with Crippen LogP contribution >= 0.6 is 11.6 Å². The molecule has 1 aliphatic heterocycles. The lowest BCUT2D eigenvalue weighted by Gasteiger charge is -2.28. The summed E-state index contributed by atoms with van der Waals surface area (Å²) in [6.45, 7) is 0. The highest BCUT2D eigenvalue weighted by atomic mass is 35.5. The molecule has 1 aliphatic rings. The normalized spacial score (nSPS) is 15.8. The highest BCUT2D eigenvalue weighted by molar-refractivity contribution is 6.36. The van der Waals surface area contributed by atoms with Gasteiger partial charge in [-0.25, -0.2) is 0 Å². The maximum absolute atomic E-state index is 9.92. The van der Waals surface area contributed by atoms with Crippen LogP contribution < -0.4 is 15.2 Å². The second-order valence-corrected chi connectivity index (χ2v) is 6.59. The first-order valence-electron chi connectivity index (χ1n) is 8.20. The number of aromatic hydroxyl groups is 1. The molecular formula is C21H15ClN2O3. The number of benzene rings is 3. The summed E-state index contributed by atoms with van der Waals surface area (Å²) in [6, 6.07) is 16.5. The molecule has 1 heterocycles. The summed E-state index contributed by atoms with van der Waals surface area (Å²) in [6.07, 6.45) is 0. The Morgan fingerprint density at radius 2 is 1.93 bits per heavy atom. The van der Waals surface area contributed by atoms with E-state index in [1.807, 2.05) is 24.3 Å². The molecule has 0 bridgehead atoms. The fourth-order valence-corrected chi connectivity index (χ4v) is 3.74. The highest BCUT2D eigenvalue weighted by Crippen LogP contribution is 2.48. The van der Waals surface area contributed by atoms with Crippen molar-refractivity contribution in [3.63, 3.8) is 0 Å². The lowest BCUT2D eigenvalue weighted by Crippen LogP contribution is -2.21. The summed E-state index contributed by atoms with van der Waals surface area (Å²) in [4.78, 5) is 0. The number of hydrogen-bond acceptors (Lipinski definition) is 5. The van der Waals surface area contributed by atoms with Crippen LogP contribution in [0.2, 0.25) is 5.02 Å². The minimum atomic E-state index is -0.490. The molecule has 3 aromatic rings. The van der Waals surface area contributed by atoms with Crippen molar-refractivity contribution in [3.05, 3.63) is 76.1 Å². The molecule has 134 valence electrons. The van der Waals surface area contributed by atoms with E-state index in [2.05, 4.69) is 6.07 Å². The molecule has 3 N–H and O–H groups in total. The van der Waals surface area contributed by atoms with E-state index in [9.17, 15) is 10.4 Å². The van der Waals surface area contributed by atoms with Crippen LogP contribution in [0.15, 0.2) is 60.0 Å². The van der Waals surface area contributed by atoms with Crippen molar-refractivity contribution < 1.29 is 14.6 Å². The molecule has 27 heavy (non-hydrogen) atoms. The van der Waals surface area contributed by atoms with Gasteiger partial charge in [-0.2, -0.15) is 5.26 Å². The van der Waals surface area contributed by atoms with Gasteiger partial charge in [0.1, 0.15) is 17.4 Å². The molecule has 0 spiro atoms. The maximum Gasteiger partial charge on any atom is 0.205 e. The van der Waals surface area contributed by atoms with E-state index >= 15 is 0 Å². The lowest BCUT2D eigenvalue weighted by molar-refractivity contribution is 0.372. The number of nitrogens with zero attached hydrogens (tertiary/aromatic N) is 1. The van der Waals surface area contributed by atoms with Crippen LogP contribution in [-0.4, -0.2) is 12.2 Å². The van der Waals surface area contributed by atoms with Gasteiger partial charge in [-0.3, -0.25) is 0 Å². The van der Waals surface area contributed by atoms with Crippen LogP contribution in [0.4, 0.5) is 0 Å². The Kier molecular flexibility index (Phi) is 4.06. The molecule has 0 amide bonds. The van der Waals surface area contributed by atoms with E-state index in [1.165, 1.54) is 13.2 Å². The molecule has 6 heteroatoms. The van der Waals surface area contributed by atoms with Crippen molar-refractivity contribution in [2.45, 2.75) is 5.92 Å². The van der Waals surface area contributed by atoms with E-state index in [1.54, 1.807) is 18.2 Å². The highest BCUT2D eigenvalue weighted by Gasteiger charge is 2.33. The first-order chi connectivity index (χ1) is 13.0. The molecule has 0 fully saturated rings. The van der Waals surface area contributed by atoms with E-state index in [4.69, 9.17) is 26.8 Å². The van der Waals surface area contributed by atoms with Gasteiger partial charge >= 0.3 is 0 Å². The van der Waals surface area contributed by atoms with E-state index in [0.717, 1.165) is 21.9 Å². The molecule has 1 atom stereocenters. The number of nitriles is 1. The van der Waals surface area contributed by atoms with Crippen molar-refractivity contribution >= 4 is 22.4 Å². The topological polar surface area (TPSA) is 88.5 Å². The van der Waals surface area contributed by atoms with Gasteiger partial charge in [-0.15, -0.1) is 0 Å². The Morgan fingerprint density at radius 3 is 2.63 bits per heavy atom. The maximum atomic E-state index is 9.92. The number of methoxy groups -OCH3 is 1. The second-order valence-electron chi connectivity index (χ2n) is 6.18. The van der Waals surface area contributed by atoms with E-state index < -0.39 is 5.92 Å². The first-order valence-corrected chi connectivity index (χ1v) is 8.58. The van der Waals surface area contributed by atoms with Crippen LogP contribution in [0.5, 0.6) is 17.2 Å². The molecule has 0 aliphatic carbocycles. The molecule has 1 unspecified atom stereocenters. The van der Waals surface area contributed by atoms with Crippen molar-refractivity contribution in [1.29, 1.82) is 5.26 Å². The number of phenolic OH excluding ortho intramolecular Hbond substituents is 1. The predicted octanol–water partition coefficient (Wildman–Crippen LogP) is 4.43. The van der Waals surface area contributed by atoms with Crippen LogP contribution in [0.25, 0.3) is 10.8 Å². The smallest absolute Gasteiger partial charge is 0.205 e. The number of halogens is 1. The quantitative estimate of drug-likeness (QED) is 0.688. The van der Waals surface area contributed by atoms with Crippen LogP contribution in [0.3, 0.4) is 0 Å². The van der Waals surface area contributed by atoms with Crippen LogP contribution in [0.1, 0.15) is 17.0 Å². The fraction of sp³-hybridized carbons (Fsp3) is 0.0952.